The first-order valence-corrected chi connectivity index (χ1v) is 15.5. The first-order chi connectivity index (χ1) is 17.0. The van der Waals surface area contributed by atoms with Crippen LogP contribution in [0.4, 0.5) is 0 Å². The molecule has 1 aromatic rings. The molecule has 0 bridgehead atoms. The number of rotatable bonds is 10. The van der Waals surface area contributed by atoms with E-state index in [1.807, 2.05) is 0 Å². The van der Waals surface area contributed by atoms with Crippen molar-refractivity contribution in [3.8, 4) is 11.5 Å². The Kier molecular flexibility index (Phi) is 10.4. The minimum absolute atomic E-state index is 0.215. The molecule has 2 saturated carbocycles. The molecule has 3 rings (SSSR count). The number of ether oxygens (including phenoxy) is 2. The Bertz CT molecular complexity index is 849. The van der Waals surface area contributed by atoms with Crippen LogP contribution in [-0.2, 0) is 13.6 Å². The lowest BCUT2D eigenvalue weighted by molar-refractivity contribution is -0.0154. The zero-order chi connectivity index (χ0) is 26.6. The van der Waals surface area contributed by atoms with Crippen LogP contribution >= 0.6 is 7.60 Å². The van der Waals surface area contributed by atoms with Crippen LogP contribution in [0.15, 0.2) is 18.2 Å². The van der Waals surface area contributed by atoms with Gasteiger partial charge in [0.2, 0.25) is 0 Å². The Morgan fingerprint density at radius 1 is 0.806 bits per heavy atom. The van der Waals surface area contributed by atoms with Crippen molar-refractivity contribution in [3.05, 3.63) is 23.8 Å². The molecule has 0 saturated heterocycles. The molecule has 2 aliphatic rings. The summed E-state index contributed by atoms with van der Waals surface area (Å²) in [6.45, 7) is 13.2. The largest absolute Gasteiger partial charge is 0.493 e. The Morgan fingerprint density at radius 3 is 1.69 bits per heavy atom. The predicted octanol–water partition coefficient (Wildman–Crippen LogP) is 7.84. The maximum absolute atomic E-state index is 14.8. The van der Waals surface area contributed by atoms with Crippen molar-refractivity contribution >= 4 is 7.60 Å². The van der Waals surface area contributed by atoms with Crippen LogP contribution in [-0.4, -0.2) is 31.5 Å². The average molecular weight is 525 g/mol. The van der Waals surface area contributed by atoms with Crippen molar-refractivity contribution in [1.82, 2.24) is 0 Å². The highest BCUT2D eigenvalue weighted by Crippen LogP contribution is 2.64. The topological polar surface area (TPSA) is 74.2 Å². The second kappa shape index (κ2) is 12.7. The standard InChI is InChI=1S/C29H49O6P/c1-18(2)23-12-9-20(5)15-26(23)34-36(31,35-27-16-21(6)10-13-24(27)19(3)4)29(30)22-11-14-25(32-7)28(17-22)33-8/h11,14,17-21,23-24,26-27,29-30H,9-10,12-13,15-16H2,1-8H3/t20-,21-,23-,24-,26-,27-,29+/m1/s1. The Morgan fingerprint density at radius 2 is 1.28 bits per heavy atom. The van der Waals surface area contributed by atoms with E-state index in [9.17, 15) is 9.67 Å². The van der Waals surface area contributed by atoms with Crippen molar-refractivity contribution in [1.29, 1.82) is 0 Å². The van der Waals surface area contributed by atoms with E-state index in [1.165, 1.54) is 0 Å². The van der Waals surface area contributed by atoms with Crippen molar-refractivity contribution < 1.29 is 28.2 Å². The molecule has 206 valence electrons. The van der Waals surface area contributed by atoms with Crippen molar-refractivity contribution in [2.75, 3.05) is 14.2 Å². The van der Waals surface area contributed by atoms with Crippen LogP contribution in [0.3, 0.4) is 0 Å². The lowest BCUT2D eigenvalue weighted by Gasteiger charge is -2.42. The number of benzene rings is 1. The van der Waals surface area contributed by atoms with E-state index in [2.05, 4.69) is 41.5 Å². The molecule has 0 spiro atoms. The molecule has 2 aliphatic carbocycles. The second-order valence-corrected chi connectivity index (χ2v) is 14.0. The summed E-state index contributed by atoms with van der Waals surface area (Å²) in [7, 11) is -0.854. The summed E-state index contributed by atoms with van der Waals surface area (Å²) in [6, 6.07) is 5.12. The van der Waals surface area contributed by atoms with Crippen LogP contribution in [0.2, 0.25) is 0 Å². The summed E-state index contributed by atoms with van der Waals surface area (Å²) in [5, 5.41) is 11.7. The fourth-order valence-corrected chi connectivity index (χ4v) is 8.23. The number of methoxy groups -OCH3 is 2. The molecule has 6 nitrogen and oxygen atoms in total. The zero-order valence-electron chi connectivity index (χ0n) is 23.6. The number of hydrogen-bond acceptors (Lipinski definition) is 6. The lowest BCUT2D eigenvalue weighted by Crippen LogP contribution is -2.37. The molecule has 7 heteroatoms. The van der Waals surface area contributed by atoms with Gasteiger partial charge in [0.05, 0.1) is 26.4 Å². The van der Waals surface area contributed by atoms with Gasteiger partial charge in [0.1, 0.15) is 0 Å². The highest BCUT2D eigenvalue weighted by molar-refractivity contribution is 7.54. The minimum atomic E-state index is -3.97. The maximum atomic E-state index is 14.8. The Labute approximate surface area is 219 Å². The average Bonchev–Trinajstić information content (AvgIpc) is 2.82. The van der Waals surface area contributed by atoms with Gasteiger partial charge in [0.25, 0.3) is 0 Å². The molecule has 0 amide bonds. The predicted molar refractivity (Wildman–Crippen MR) is 145 cm³/mol. The van der Waals surface area contributed by atoms with Crippen molar-refractivity contribution in [2.24, 2.45) is 35.5 Å². The van der Waals surface area contributed by atoms with Gasteiger partial charge in [-0.05, 0) is 78.9 Å². The van der Waals surface area contributed by atoms with E-state index in [1.54, 1.807) is 32.4 Å². The van der Waals surface area contributed by atoms with E-state index in [4.69, 9.17) is 18.5 Å². The molecule has 1 aromatic carbocycles. The summed E-state index contributed by atoms with van der Waals surface area (Å²) in [5.41, 5.74) is 0.450. The molecule has 0 heterocycles. The third-order valence-corrected chi connectivity index (χ3v) is 10.5. The van der Waals surface area contributed by atoms with Crippen molar-refractivity contribution in [2.45, 2.75) is 98.1 Å². The molecule has 0 aliphatic heterocycles. The SMILES string of the molecule is COc1ccc([C@@H](O)P(=O)(O[C@@H]2C[C@H](C)CC[C@@H]2C(C)C)O[C@@H]2C[C@H](C)CC[C@@H]2C(C)C)cc1OC. The van der Waals surface area contributed by atoms with E-state index in [0.29, 0.717) is 40.7 Å². The van der Waals surface area contributed by atoms with Gasteiger partial charge in [-0.1, -0.05) is 60.5 Å². The van der Waals surface area contributed by atoms with Crippen LogP contribution in [0.5, 0.6) is 11.5 Å². The highest BCUT2D eigenvalue weighted by atomic mass is 31.2. The van der Waals surface area contributed by atoms with E-state index < -0.39 is 13.4 Å². The van der Waals surface area contributed by atoms with E-state index in [0.717, 1.165) is 38.5 Å². The Hall–Kier alpha value is -1.07. The van der Waals surface area contributed by atoms with Gasteiger partial charge in [0.15, 0.2) is 17.3 Å². The first-order valence-electron chi connectivity index (χ1n) is 13.9. The van der Waals surface area contributed by atoms with E-state index in [-0.39, 0.29) is 24.0 Å². The van der Waals surface area contributed by atoms with Crippen molar-refractivity contribution in [3.63, 3.8) is 0 Å². The summed E-state index contributed by atoms with van der Waals surface area (Å²) >= 11 is 0. The fourth-order valence-electron chi connectivity index (χ4n) is 6.19. The molecule has 1 N–H and O–H groups in total. The van der Waals surface area contributed by atoms with Crippen LogP contribution in [0.25, 0.3) is 0 Å². The second-order valence-electron chi connectivity index (χ2n) is 12.0. The molecule has 0 radical (unpaired) electrons. The summed E-state index contributed by atoms with van der Waals surface area (Å²) in [4.78, 5) is 0. The van der Waals surface area contributed by atoms with Gasteiger partial charge in [-0.2, -0.15) is 0 Å². The molecule has 36 heavy (non-hydrogen) atoms. The molecule has 7 atom stereocenters. The van der Waals surface area contributed by atoms with Gasteiger partial charge in [-0.15, -0.1) is 0 Å². The first kappa shape index (κ1) is 29.5. The fraction of sp³-hybridized carbons (Fsp3) is 0.793. The summed E-state index contributed by atoms with van der Waals surface area (Å²) in [5.74, 6) is 1.92. The van der Waals surface area contributed by atoms with Gasteiger partial charge in [-0.3, -0.25) is 4.57 Å². The number of hydrogen-bond donors (Lipinski definition) is 1. The van der Waals surface area contributed by atoms with E-state index >= 15 is 0 Å². The minimum Gasteiger partial charge on any atom is -0.493 e. The highest BCUT2D eigenvalue weighted by Gasteiger charge is 2.46. The van der Waals surface area contributed by atoms with Gasteiger partial charge < -0.3 is 23.6 Å². The maximum Gasteiger partial charge on any atom is 0.363 e. The van der Waals surface area contributed by atoms with Crippen LogP contribution in [0.1, 0.15) is 91.5 Å². The third-order valence-electron chi connectivity index (χ3n) is 8.49. The normalized spacial score (nSPS) is 30.4. The molecule has 0 unspecified atom stereocenters. The van der Waals surface area contributed by atoms with Crippen LogP contribution in [0, 0.1) is 35.5 Å². The van der Waals surface area contributed by atoms with Gasteiger partial charge in [-0.25, -0.2) is 0 Å². The number of aliphatic hydroxyl groups is 1. The third kappa shape index (κ3) is 6.87. The van der Waals surface area contributed by atoms with Gasteiger partial charge in [0, 0.05) is 0 Å². The van der Waals surface area contributed by atoms with Gasteiger partial charge >= 0.3 is 7.60 Å². The zero-order valence-corrected chi connectivity index (χ0v) is 24.5. The Balaban J connectivity index is 2.00. The molecular formula is C29H49O6P. The quantitative estimate of drug-likeness (QED) is 0.314. The van der Waals surface area contributed by atoms with Crippen LogP contribution < -0.4 is 9.47 Å². The molecule has 0 aromatic heterocycles. The lowest BCUT2D eigenvalue weighted by atomic mass is 9.75. The smallest absolute Gasteiger partial charge is 0.363 e. The molecule has 2 fully saturated rings. The monoisotopic (exact) mass is 524 g/mol. The number of aliphatic hydroxyl groups excluding tert-OH is 1. The molecular weight excluding hydrogens is 475 g/mol. The summed E-state index contributed by atoms with van der Waals surface area (Å²) < 4.78 is 38.7. The summed E-state index contributed by atoms with van der Waals surface area (Å²) in [6.07, 6.45) is 5.56.